The van der Waals surface area contributed by atoms with E-state index >= 15 is 0 Å². The van der Waals surface area contributed by atoms with Crippen molar-refractivity contribution >= 4 is 0 Å². The Kier molecular flexibility index (Phi) is 3.62. The SMILES string of the molecule is C#CCC(NCCC)C1CC1C. The fourth-order valence-corrected chi connectivity index (χ4v) is 1.74. The van der Waals surface area contributed by atoms with Gasteiger partial charge in [0, 0.05) is 12.5 Å². The minimum absolute atomic E-state index is 0.588. The highest BCUT2D eigenvalue weighted by atomic mass is 14.9. The van der Waals surface area contributed by atoms with Crippen LogP contribution in [-0.2, 0) is 0 Å². The molecule has 0 heterocycles. The van der Waals surface area contributed by atoms with Gasteiger partial charge in [0.05, 0.1) is 0 Å². The lowest BCUT2D eigenvalue weighted by Crippen LogP contribution is -2.31. The summed E-state index contributed by atoms with van der Waals surface area (Å²) < 4.78 is 0. The van der Waals surface area contributed by atoms with Crippen LogP contribution in [0.1, 0.15) is 33.1 Å². The molecule has 1 saturated carbocycles. The van der Waals surface area contributed by atoms with Gasteiger partial charge in [0.2, 0.25) is 0 Å². The van der Waals surface area contributed by atoms with Crippen molar-refractivity contribution in [1.82, 2.24) is 5.32 Å². The van der Waals surface area contributed by atoms with Crippen molar-refractivity contribution in [3.63, 3.8) is 0 Å². The Morgan fingerprint density at radius 3 is 2.75 bits per heavy atom. The number of hydrogen-bond acceptors (Lipinski definition) is 1. The van der Waals surface area contributed by atoms with E-state index in [1.807, 2.05) is 0 Å². The molecule has 0 aromatic carbocycles. The fourth-order valence-electron chi connectivity index (χ4n) is 1.74. The molecule has 1 rings (SSSR count). The van der Waals surface area contributed by atoms with Gasteiger partial charge >= 0.3 is 0 Å². The van der Waals surface area contributed by atoms with Gasteiger partial charge in [-0.25, -0.2) is 0 Å². The zero-order valence-electron chi connectivity index (χ0n) is 8.14. The summed E-state index contributed by atoms with van der Waals surface area (Å²) in [4.78, 5) is 0. The Morgan fingerprint density at radius 1 is 1.67 bits per heavy atom. The van der Waals surface area contributed by atoms with Crippen molar-refractivity contribution in [3.05, 3.63) is 0 Å². The highest BCUT2D eigenvalue weighted by Gasteiger charge is 2.38. The normalized spacial score (nSPS) is 29.4. The van der Waals surface area contributed by atoms with Crippen LogP contribution in [0.5, 0.6) is 0 Å². The summed E-state index contributed by atoms with van der Waals surface area (Å²) in [6.07, 6.45) is 8.78. The highest BCUT2D eigenvalue weighted by molar-refractivity contribution is 4.99. The maximum absolute atomic E-state index is 5.32. The number of terminal acetylenes is 1. The molecule has 3 unspecified atom stereocenters. The van der Waals surface area contributed by atoms with Crippen molar-refractivity contribution in [2.45, 2.75) is 39.2 Å². The van der Waals surface area contributed by atoms with Gasteiger partial charge in [-0.15, -0.1) is 12.3 Å². The van der Waals surface area contributed by atoms with Crippen LogP contribution in [0.4, 0.5) is 0 Å². The topological polar surface area (TPSA) is 12.0 Å². The second-order valence-electron chi connectivity index (χ2n) is 3.85. The molecule has 1 nitrogen and oxygen atoms in total. The highest BCUT2D eigenvalue weighted by Crippen LogP contribution is 2.41. The minimum atomic E-state index is 0.588. The van der Waals surface area contributed by atoms with Crippen molar-refractivity contribution in [2.75, 3.05) is 6.54 Å². The van der Waals surface area contributed by atoms with Gasteiger partial charge in [-0.1, -0.05) is 13.8 Å². The van der Waals surface area contributed by atoms with Gasteiger partial charge in [-0.05, 0) is 31.2 Å². The summed E-state index contributed by atoms with van der Waals surface area (Å²) in [6.45, 7) is 5.60. The van der Waals surface area contributed by atoms with Gasteiger partial charge in [0.25, 0.3) is 0 Å². The van der Waals surface area contributed by atoms with Crippen LogP contribution >= 0.6 is 0 Å². The van der Waals surface area contributed by atoms with Gasteiger partial charge in [-0.3, -0.25) is 0 Å². The molecule has 1 aliphatic carbocycles. The Morgan fingerprint density at radius 2 is 2.33 bits per heavy atom. The summed E-state index contributed by atoms with van der Waals surface area (Å²) in [5.74, 6) is 4.51. The van der Waals surface area contributed by atoms with Crippen LogP contribution in [-0.4, -0.2) is 12.6 Å². The second kappa shape index (κ2) is 4.52. The lowest BCUT2D eigenvalue weighted by molar-refractivity contribution is 0.454. The molecule has 3 atom stereocenters. The van der Waals surface area contributed by atoms with Crippen molar-refractivity contribution in [3.8, 4) is 12.3 Å². The number of rotatable bonds is 5. The molecule has 0 aromatic rings. The zero-order chi connectivity index (χ0) is 8.97. The first-order chi connectivity index (χ1) is 5.79. The predicted octanol–water partition coefficient (Wildman–Crippen LogP) is 2.03. The van der Waals surface area contributed by atoms with Crippen LogP contribution in [0.2, 0.25) is 0 Å². The zero-order valence-corrected chi connectivity index (χ0v) is 8.14. The Labute approximate surface area is 75.9 Å². The van der Waals surface area contributed by atoms with Gasteiger partial charge < -0.3 is 5.32 Å². The standard InChI is InChI=1S/C11H19N/c1-4-6-11(12-7-5-2)10-8-9(10)3/h1,9-12H,5-8H2,2-3H3. The van der Waals surface area contributed by atoms with Gasteiger partial charge in [-0.2, -0.15) is 0 Å². The van der Waals surface area contributed by atoms with Crippen LogP contribution in [0.3, 0.4) is 0 Å². The molecule has 1 N–H and O–H groups in total. The lowest BCUT2D eigenvalue weighted by Gasteiger charge is -2.15. The van der Waals surface area contributed by atoms with E-state index in [4.69, 9.17) is 6.42 Å². The molecule has 0 aromatic heterocycles. The van der Waals surface area contributed by atoms with Crippen LogP contribution in [0, 0.1) is 24.2 Å². The van der Waals surface area contributed by atoms with Crippen LogP contribution in [0.25, 0.3) is 0 Å². The molecule has 0 bridgehead atoms. The summed E-state index contributed by atoms with van der Waals surface area (Å²) in [6, 6.07) is 0.588. The molecule has 68 valence electrons. The van der Waals surface area contributed by atoms with Crippen LogP contribution < -0.4 is 5.32 Å². The molecule has 0 saturated heterocycles. The third kappa shape index (κ3) is 2.53. The Bertz CT molecular complexity index is 168. The molecule has 1 fully saturated rings. The smallest absolute Gasteiger partial charge is 0.0243 e. The van der Waals surface area contributed by atoms with Crippen LogP contribution in [0.15, 0.2) is 0 Å². The molecule has 0 amide bonds. The summed E-state index contributed by atoms with van der Waals surface area (Å²) in [5, 5.41) is 3.52. The van der Waals surface area contributed by atoms with E-state index in [2.05, 4.69) is 25.1 Å². The molecular weight excluding hydrogens is 146 g/mol. The average Bonchev–Trinajstić information content (AvgIpc) is 2.76. The quantitative estimate of drug-likeness (QED) is 0.615. The van der Waals surface area contributed by atoms with Crippen molar-refractivity contribution < 1.29 is 0 Å². The Hall–Kier alpha value is -0.480. The molecular formula is C11H19N. The van der Waals surface area contributed by atoms with E-state index in [-0.39, 0.29) is 0 Å². The fraction of sp³-hybridized carbons (Fsp3) is 0.818. The molecule has 1 aliphatic rings. The van der Waals surface area contributed by atoms with Crippen molar-refractivity contribution in [1.29, 1.82) is 0 Å². The predicted molar refractivity (Wildman–Crippen MR) is 52.8 cm³/mol. The first-order valence-electron chi connectivity index (χ1n) is 4.96. The molecule has 12 heavy (non-hydrogen) atoms. The summed E-state index contributed by atoms with van der Waals surface area (Å²) >= 11 is 0. The van der Waals surface area contributed by atoms with E-state index in [1.165, 1.54) is 12.8 Å². The third-order valence-corrected chi connectivity index (χ3v) is 2.68. The second-order valence-corrected chi connectivity index (χ2v) is 3.85. The first-order valence-corrected chi connectivity index (χ1v) is 4.96. The average molecular weight is 165 g/mol. The van der Waals surface area contributed by atoms with Gasteiger partial charge in [0.1, 0.15) is 0 Å². The Balaban J connectivity index is 2.25. The van der Waals surface area contributed by atoms with E-state index < -0.39 is 0 Å². The summed E-state index contributed by atoms with van der Waals surface area (Å²) in [5.41, 5.74) is 0. The molecule has 1 heteroatoms. The molecule has 0 spiro atoms. The maximum atomic E-state index is 5.32. The molecule has 0 radical (unpaired) electrons. The van der Waals surface area contributed by atoms with E-state index in [9.17, 15) is 0 Å². The first kappa shape index (κ1) is 9.61. The van der Waals surface area contributed by atoms with Crippen molar-refractivity contribution in [2.24, 2.45) is 11.8 Å². The molecule has 0 aliphatic heterocycles. The number of hydrogen-bond donors (Lipinski definition) is 1. The van der Waals surface area contributed by atoms with E-state index in [0.717, 1.165) is 24.8 Å². The largest absolute Gasteiger partial charge is 0.313 e. The van der Waals surface area contributed by atoms with E-state index in [1.54, 1.807) is 0 Å². The van der Waals surface area contributed by atoms with Gasteiger partial charge in [0.15, 0.2) is 0 Å². The maximum Gasteiger partial charge on any atom is 0.0243 e. The lowest BCUT2D eigenvalue weighted by atomic mass is 10.1. The monoisotopic (exact) mass is 165 g/mol. The summed E-state index contributed by atoms with van der Waals surface area (Å²) in [7, 11) is 0. The number of nitrogens with one attached hydrogen (secondary N) is 1. The third-order valence-electron chi connectivity index (χ3n) is 2.68. The minimum Gasteiger partial charge on any atom is -0.313 e. The van der Waals surface area contributed by atoms with E-state index in [0.29, 0.717) is 6.04 Å².